The maximum Gasteiger partial charge on any atom is 0.131 e. The molecule has 0 saturated heterocycles. The van der Waals surface area contributed by atoms with Gasteiger partial charge in [0.25, 0.3) is 0 Å². The largest absolute Gasteiger partial charge is 0.387 e. The molecule has 2 aromatic heterocycles. The number of aromatic nitrogens is 3. The SMILES string of the molecule is CCc1nn(C)c(Cl)c1CNCC(O)c1ccncc1. The van der Waals surface area contributed by atoms with Gasteiger partial charge in [-0.1, -0.05) is 18.5 Å². The Balaban J connectivity index is 1.93. The quantitative estimate of drug-likeness (QED) is 0.853. The van der Waals surface area contributed by atoms with Crippen molar-refractivity contribution in [2.45, 2.75) is 26.0 Å². The van der Waals surface area contributed by atoms with Gasteiger partial charge in [0.2, 0.25) is 0 Å². The lowest BCUT2D eigenvalue weighted by molar-refractivity contribution is 0.174. The maximum absolute atomic E-state index is 10.1. The first-order valence-corrected chi connectivity index (χ1v) is 7.00. The van der Waals surface area contributed by atoms with Crippen LogP contribution in [0.2, 0.25) is 5.15 Å². The zero-order valence-electron chi connectivity index (χ0n) is 11.7. The van der Waals surface area contributed by atoms with Crippen LogP contribution in [0.15, 0.2) is 24.5 Å². The van der Waals surface area contributed by atoms with Crippen LogP contribution in [0.3, 0.4) is 0 Å². The third-order valence-corrected chi connectivity index (χ3v) is 3.69. The van der Waals surface area contributed by atoms with Crippen molar-refractivity contribution in [3.63, 3.8) is 0 Å². The summed E-state index contributed by atoms with van der Waals surface area (Å²) in [4.78, 5) is 3.93. The molecular formula is C14H19ClN4O. The molecule has 0 fully saturated rings. The van der Waals surface area contributed by atoms with Crippen molar-refractivity contribution in [1.82, 2.24) is 20.1 Å². The molecule has 2 aromatic rings. The van der Waals surface area contributed by atoms with Crippen LogP contribution in [0.5, 0.6) is 0 Å². The lowest BCUT2D eigenvalue weighted by Gasteiger charge is -2.12. The van der Waals surface area contributed by atoms with E-state index in [9.17, 15) is 5.11 Å². The predicted molar refractivity (Wildman–Crippen MR) is 78.5 cm³/mol. The number of pyridine rings is 1. The van der Waals surface area contributed by atoms with Crippen LogP contribution < -0.4 is 5.32 Å². The monoisotopic (exact) mass is 294 g/mol. The first-order chi connectivity index (χ1) is 9.63. The molecule has 0 bridgehead atoms. The second kappa shape index (κ2) is 6.83. The first kappa shape index (κ1) is 15.0. The standard InChI is InChI=1S/C14H19ClN4O/c1-3-12-11(14(15)19(2)18-12)8-17-9-13(20)10-4-6-16-7-5-10/h4-7,13,17,20H,3,8-9H2,1-2H3. The van der Waals surface area contributed by atoms with Crippen LogP contribution in [0.4, 0.5) is 0 Å². The summed E-state index contributed by atoms with van der Waals surface area (Å²) in [6.45, 7) is 3.10. The van der Waals surface area contributed by atoms with Crippen LogP contribution in [-0.4, -0.2) is 26.4 Å². The molecule has 2 rings (SSSR count). The third kappa shape index (κ3) is 3.36. The Morgan fingerprint density at radius 1 is 1.40 bits per heavy atom. The smallest absolute Gasteiger partial charge is 0.131 e. The van der Waals surface area contributed by atoms with Gasteiger partial charge >= 0.3 is 0 Å². The van der Waals surface area contributed by atoms with Crippen LogP contribution in [-0.2, 0) is 20.0 Å². The number of hydrogen-bond acceptors (Lipinski definition) is 4. The number of aliphatic hydroxyl groups is 1. The van der Waals surface area contributed by atoms with Gasteiger partial charge in [-0.25, -0.2) is 0 Å². The van der Waals surface area contributed by atoms with Crippen molar-refractivity contribution in [1.29, 1.82) is 0 Å². The molecule has 0 radical (unpaired) electrons. The fraction of sp³-hybridized carbons (Fsp3) is 0.429. The van der Waals surface area contributed by atoms with E-state index in [0.29, 0.717) is 18.2 Å². The van der Waals surface area contributed by atoms with Crippen molar-refractivity contribution in [3.8, 4) is 0 Å². The van der Waals surface area contributed by atoms with E-state index in [1.54, 1.807) is 29.2 Å². The van der Waals surface area contributed by atoms with Gasteiger partial charge in [0.1, 0.15) is 5.15 Å². The number of nitrogens with zero attached hydrogens (tertiary/aromatic N) is 3. The lowest BCUT2D eigenvalue weighted by Crippen LogP contribution is -2.21. The van der Waals surface area contributed by atoms with E-state index in [2.05, 4.69) is 15.4 Å². The van der Waals surface area contributed by atoms with Gasteiger partial charge in [0.15, 0.2) is 0 Å². The molecule has 2 heterocycles. The molecule has 0 aliphatic heterocycles. The van der Waals surface area contributed by atoms with Crippen molar-refractivity contribution in [3.05, 3.63) is 46.5 Å². The van der Waals surface area contributed by atoms with Crippen LogP contribution in [0, 0.1) is 0 Å². The number of nitrogens with one attached hydrogen (secondary N) is 1. The fourth-order valence-corrected chi connectivity index (χ4v) is 2.31. The molecule has 0 spiro atoms. The molecule has 1 atom stereocenters. The Labute approximate surface area is 123 Å². The zero-order valence-corrected chi connectivity index (χ0v) is 12.4. The summed E-state index contributed by atoms with van der Waals surface area (Å²) >= 11 is 6.21. The van der Waals surface area contributed by atoms with E-state index in [1.165, 1.54) is 0 Å². The average molecular weight is 295 g/mol. The summed E-state index contributed by atoms with van der Waals surface area (Å²) in [6, 6.07) is 3.61. The van der Waals surface area contributed by atoms with Crippen molar-refractivity contribution in [2.24, 2.45) is 7.05 Å². The average Bonchev–Trinajstić information content (AvgIpc) is 2.75. The minimum atomic E-state index is -0.557. The van der Waals surface area contributed by atoms with Crippen LogP contribution in [0.25, 0.3) is 0 Å². The van der Waals surface area contributed by atoms with Gasteiger partial charge < -0.3 is 10.4 Å². The number of halogens is 1. The topological polar surface area (TPSA) is 63.0 Å². The van der Waals surface area contributed by atoms with E-state index in [-0.39, 0.29) is 0 Å². The Morgan fingerprint density at radius 2 is 2.10 bits per heavy atom. The van der Waals surface area contributed by atoms with Crippen LogP contribution >= 0.6 is 11.6 Å². The second-order valence-corrected chi connectivity index (χ2v) is 4.98. The highest BCUT2D eigenvalue weighted by molar-refractivity contribution is 6.30. The Bertz CT molecular complexity index is 556. The summed E-state index contributed by atoms with van der Waals surface area (Å²) in [6.07, 6.45) is 3.63. The molecule has 0 aromatic carbocycles. The molecular weight excluding hydrogens is 276 g/mol. The molecule has 0 aliphatic rings. The first-order valence-electron chi connectivity index (χ1n) is 6.62. The highest BCUT2D eigenvalue weighted by atomic mass is 35.5. The summed E-state index contributed by atoms with van der Waals surface area (Å²) in [7, 11) is 1.83. The molecule has 108 valence electrons. The highest BCUT2D eigenvalue weighted by Gasteiger charge is 2.13. The molecule has 0 aliphatic carbocycles. The van der Waals surface area contributed by atoms with E-state index >= 15 is 0 Å². The molecule has 20 heavy (non-hydrogen) atoms. The number of aryl methyl sites for hydroxylation is 2. The van der Waals surface area contributed by atoms with Crippen LogP contribution in [0.1, 0.15) is 29.8 Å². The Kier molecular flexibility index (Phi) is 5.11. The molecule has 6 heteroatoms. The molecule has 2 N–H and O–H groups in total. The molecule has 0 saturated carbocycles. The Morgan fingerprint density at radius 3 is 2.75 bits per heavy atom. The van der Waals surface area contributed by atoms with Gasteiger partial charge in [0.05, 0.1) is 11.8 Å². The van der Waals surface area contributed by atoms with Gasteiger partial charge in [-0.05, 0) is 24.1 Å². The second-order valence-electron chi connectivity index (χ2n) is 4.62. The maximum atomic E-state index is 10.1. The highest BCUT2D eigenvalue weighted by Crippen LogP contribution is 2.19. The predicted octanol–water partition coefficient (Wildman–Crippen LogP) is 1.85. The van der Waals surface area contributed by atoms with Gasteiger partial charge in [-0.15, -0.1) is 0 Å². The normalized spacial score (nSPS) is 12.6. The summed E-state index contributed by atoms with van der Waals surface area (Å²) in [5, 5.41) is 18.3. The minimum absolute atomic E-state index is 0.457. The summed E-state index contributed by atoms with van der Waals surface area (Å²) < 4.78 is 1.68. The van der Waals surface area contributed by atoms with Crippen molar-refractivity contribution < 1.29 is 5.11 Å². The van der Waals surface area contributed by atoms with Gasteiger partial charge in [0, 0.05) is 38.1 Å². The summed E-state index contributed by atoms with van der Waals surface area (Å²) in [5.74, 6) is 0. The number of rotatable bonds is 6. The lowest BCUT2D eigenvalue weighted by atomic mass is 10.1. The number of aliphatic hydroxyl groups excluding tert-OH is 1. The van der Waals surface area contributed by atoms with E-state index in [0.717, 1.165) is 23.2 Å². The minimum Gasteiger partial charge on any atom is -0.387 e. The van der Waals surface area contributed by atoms with Gasteiger partial charge in [-0.3, -0.25) is 9.67 Å². The Hall–Kier alpha value is -1.43. The van der Waals surface area contributed by atoms with E-state index < -0.39 is 6.10 Å². The summed E-state index contributed by atoms with van der Waals surface area (Å²) in [5.41, 5.74) is 2.84. The molecule has 5 nitrogen and oxygen atoms in total. The van der Waals surface area contributed by atoms with E-state index in [1.807, 2.05) is 14.0 Å². The molecule has 1 unspecified atom stereocenters. The van der Waals surface area contributed by atoms with E-state index in [4.69, 9.17) is 11.6 Å². The molecule has 0 amide bonds. The third-order valence-electron chi connectivity index (χ3n) is 3.22. The van der Waals surface area contributed by atoms with Crippen molar-refractivity contribution >= 4 is 11.6 Å². The van der Waals surface area contributed by atoms with Crippen molar-refractivity contribution in [2.75, 3.05) is 6.54 Å². The zero-order chi connectivity index (χ0) is 14.5. The van der Waals surface area contributed by atoms with Gasteiger partial charge in [-0.2, -0.15) is 5.10 Å². The fourth-order valence-electron chi connectivity index (χ4n) is 2.10. The number of hydrogen-bond donors (Lipinski definition) is 2.